The van der Waals surface area contributed by atoms with Crippen LogP contribution in [0.3, 0.4) is 0 Å². The molecule has 0 spiro atoms. The van der Waals surface area contributed by atoms with Gasteiger partial charge in [0.25, 0.3) is 0 Å². The average Bonchev–Trinajstić information content (AvgIpc) is 2.50. The quantitative estimate of drug-likeness (QED) is 0.696. The van der Waals surface area contributed by atoms with Crippen molar-refractivity contribution in [2.75, 3.05) is 11.4 Å². The zero-order chi connectivity index (χ0) is 11.0. The van der Waals surface area contributed by atoms with E-state index in [9.17, 15) is 14.7 Å². The molecule has 0 aromatic heterocycles. The number of amides is 1. The number of anilines is 1. The Balaban J connectivity index is 2.41. The minimum atomic E-state index is -0.249. The van der Waals surface area contributed by atoms with Crippen LogP contribution in [0.4, 0.5) is 5.69 Å². The number of ketones is 1. The van der Waals surface area contributed by atoms with Crippen LogP contribution in [0, 0.1) is 6.92 Å². The van der Waals surface area contributed by atoms with Gasteiger partial charge in [-0.25, -0.2) is 0 Å². The van der Waals surface area contributed by atoms with Crippen molar-refractivity contribution in [3.63, 3.8) is 0 Å². The van der Waals surface area contributed by atoms with Gasteiger partial charge in [0, 0.05) is 0 Å². The van der Waals surface area contributed by atoms with Crippen molar-refractivity contribution in [3.8, 4) is 5.75 Å². The number of phenols is 1. The van der Waals surface area contributed by atoms with Gasteiger partial charge in [-0.3, -0.25) is 9.59 Å². The van der Waals surface area contributed by atoms with E-state index in [0.717, 1.165) is 5.56 Å². The van der Waals surface area contributed by atoms with E-state index in [1.54, 1.807) is 12.1 Å². The minimum Gasteiger partial charge on any atom is -0.506 e. The van der Waals surface area contributed by atoms with Gasteiger partial charge in [0.1, 0.15) is 5.75 Å². The van der Waals surface area contributed by atoms with Crippen molar-refractivity contribution in [1.82, 2.24) is 0 Å². The van der Waals surface area contributed by atoms with Crippen LogP contribution >= 0.6 is 0 Å². The Bertz CT molecular complexity index is 439. The number of aryl methyl sites for hydroxylation is 1. The zero-order valence-electron chi connectivity index (χ0n) is 8.36. The lowest BCUT2D eigenvalue weighted by Gasteiger charge is -2.16. The molecule has 2 rings (SSSR count). The van der Waals surface area contributed by atoms with Gasteiger partial charge in [-0.05, 0) is 24.6 Å². The average molecular weight is 205 g/mol. The van der Waals surface area contributed by atoms with Gasteiger partial charge in [0.05, 0.1) is 18.7 Å². The topological polar surface area (TPSA) is 57.6 Å². The SMILES string of the molecule is Cc1ccc(O)c(N2CC(=O)CC2=O)c1. The Morgan fingerprint density at radius 1 is 1.33 bits per heavy atom. The predicted molar refractivity (Wildman–Crippen MR) is 54.8 cm³/mol. The zero-order valence-corrected chi connectivity index (χ0v) is 8.36. The molecule has 1 aromatic carbocycles. The summed E-state index contributed by atoms with van der Waals surface area (Å²) < 4.78 is 0. The number of hydrogen-bond donors (Lipinski definition) is 1. The van der Waals surface area contributed by atoms with E-state index in [4.69, 9.17) is 0 Å². The first-order chi connectivity index (χ1) is 7.08. The lowest BCUT2D eigenvalue weighted by Crippen LogP contribution is -2.24. The molecule has 0 radical (unpaired) electrons. The number of aromatic hydroxyl groups is 1. The van der Waals surface area contributed by atoms with E-state index in [1.165, 1.54) is 11.0 Å². The number of phenolic OH excluding ortho intramolecular Hbond substituents is 1. The highest BCUT2D eigenvalue weighted by Crippen LogP contribution is 2.30. The van der Waals surface area contributed by atoms with Crippen LogP contribution in [0.2, 0.25) is 0 Å². The monoisotopic (exact) mass is 205 g/mol. The third-order valence-corrected chi connectivity index (χ3v) is 2.41. The number of hydrogen-bond acceptors (Lipinski definition) is 3. The molecular formula is C11H11NO3. The summed E-state index contributed by atoms with van der Waals surface area (Å²) in [6.07, 6.45) is -0.0621. The van der Waals surface area contributed by atoms with E-state index < -0.39 is 0 Å². The number of carbonyl (C=O) groups excluding carboxylic acids is 2. The Morgan fingerprint density at radius 2 is 2.07 bits per heavy atom. The van der Waals surface area contributed by atoms with Crippen molar-refractivity contribution in [1.29, 1.82) is 0 Å². The Morgan fingerprint density at radius 3 is 2.67 bits per heavy atom. The van der Waals surface area contributed by atoms with Gasteiger partial charge in [-0.15, -0.1) is 0 Å². The second kappa shape index (κ2) is 3.38. The van der Waals surface area contributed by atoms with E-state index in [2.05, 4.69) is 0 Å². The molecule has 1 fully saturated rings. The summed E-state index contributed by atoms with van der Waals surface area (Å²) in [5, 5.41) is 9.59. The fraction of sp³-hybridized carbons (Fsp3) is 0.273. The lowest BCUT2D eigenvalue weighted by molar-refractivity contribution is -0.121. The molecular weight excluding hydrogens is 194 g/mol. The molecule has 1 heterocycles. The molecule has 1 saturated heterocycles. The van der Waals surface area contributed by atoms with Crippen molar-refractivity contribution in [3.05, 3.63) is 23.8 Å². The number of Topliss-reactive ketones (excluding diaryl/α,β-unsaturated/α-hetero) is 1. The van der Waals surface area contributed by atoms with Gasteiger partial charge in [0.15, 0.2) is 5.78 Å². The van der Waals surface area contributed by atoms with Crippen LogP contribution in [-0.2, 0) is 9.59 Å². The third-order valence-electron chi connectivity index (χ3n) is 2.41. The maximum absolute atomic E-state index is 11.4. The highest BCUT2D eigenvalue weighted by Gasteiger charge is 2.30. The van der Waals surface area contributed by atoms with Crippen LogP contribution in [0.5, 0.6) is 5.75 Å². The second-order valence-corrected chi connectivity index (χ2v) is 3.69. The Labute approximate surface area is 87.1 Å². The number of nitrogens with zero attached hydrogens (tertiary/aromatic N) is 1. The predicted octanol–water partition coefficient (Wildman–Crippen LogP) is 1.01. The molecule has 0 atom stereocenters. The first kappa shape index (κ1) is 9.71. The van der Waals surface area contributed by atoms with E-state index in [-0.39, 0.29) is 30.4 Å². The fourth-order valence-corrected chi connectivity index (χ4v) is 1.65. The summed E-state index contributed by atoms with van der Waals surface area (Å²) in [6, 6.07) is 4.98. The van der Waals surface area contributed by atoms with Gasteiger partial charge < -0.3 is 10.0 Å². The van der Waals surface area contributed by atoms with Crippen LogP contribution in [0.1, 0.15) is 12.0 Å². The molecule has 0 saturated carbocycles. The van der Waals surface area contributed by atoms with Crippen LogP contribution in [0.15, 0.2) is 18.2 Å². The van der Waals surface area contributed by atoms with Crippen LogP contribution < -0.4 is 4.90 Å². The second-order valence-electron chi connectivity index (χ2n) is 3.69. The number of benzene rings is 1. The lowest BCUT2D eigenvalue weighted by atomic mass is 10.2. The molecule has 0 aliphatic carbocycles. The van der Waals surface area contributed by atoms with Crippen LogP contribution in [0.25, 0.3) is 0 Å². The van der Waals surface area contributed by atoms with Crippen molar-refractivity contribution >= 4 is 17.4 Å². The third kappa shape index (κ3) is 1.70. The standard InChI is InChI=1S/C11H11NO3/c1-7-2-3-10(14)9(4-7)12-6-8(13)5-11(12)15/h2-4,14H,5-6H2,1H3. The summed E-state index contributed by atoms with van der Waals surface area (Å²) in [5.41, 5.74) is 1.36. The van der Waals surface area contributed by atoms with Crippen molar-refractivity contribution < 1.29 is 14.7 Å². The van der Waals surface area contributed by atoms with Crippen molar-refractivity contribution in [2.45, 2.75) is 13.3 Å². The van der Waals surface area contributed by atoms with Gasteiger partial charge in [-0.2, -0.15) is 0 Å². The molecule has 15 heavy (non-hydrogen) atoms. The minimum absolute atomic E-state index is 0.0312. The summed E-state index contributed by atoms with van der Waals surface area (Å²) in [6.45, 7) is 1.93. The Kier molecular flexibility index (Phi) is 2.19. The van der Waals surface area contributed by atoms with Crippen LogP contribution in [-0.4, -0.2) is 23.3 Å². The summed E-state index contributed by atoms with van der Waals surface area (Å²) in [4.78, 5) is 23.9. The molecule has 4 nitrogen and oxygen atoms in total. The normalized spacial score (nSPS) is 16.2. The van der Waals surface area contributed by atoms with Gasteiger partial charge in [0.2, 0.25) is 5.91 Å². The smallest absolute Gasteiger partial charge is 0.235 e. The van der Waals surface area contributed by atoms with E-state index >= 15 is 0 Å². The maximum atomic E-state index is 11.4. The molecule has 1 aromatic rings. The summed E-state index contributed by atoms with van der Waals surface area (Å²) >= 11 is 0. The largest absolute Gasteiger partial charge is 0.506 e. The molecule has 1 amide bonds. The van der Waals surface area contributed by atoms with E-state index in [0.29, 0.717) is 5.69 Å². The highest BCUT2D eigenvalue weighted by molar-refractivity contribution is 6.15. The summed E-state index contributed by atoms with van der Waals surface area (Å²) in [7, 11) is 0. The first-order valence-electron chi connectivity index (χ1n) is 4.69. The highest BCUT2D eigenvalue weighted by atomic mass is 16.3. The molecule has 0 bridgehead atoms. The van der Waals surface area contributed by atoms with Crippen molar-refractivity contribution in [2.24, 2.45) is 0 Å². The van der Waals surface area contributed by atoms with E-state index in [1.807, 2.05) is 6.92 Å². The number of carbonyl (C=O) groups is 2. The summed E-state index contributed by atoms with van der Waals surface area (Å²) in [5.74, 6) is -0.328. The number of rotatable bonds is 1. The Hall–Kier alpha value is -1.84. The molecule has 4 heteroatoms. The fourth-order valence-electron chi connectivity index (χ4n) is 1.65. The van der Waals surface area contributed by atoms with Gasteiger partial charge in [-0.1, -0.05) is 6.07 Å². The maximum Gasteiger partial charge on any atom is 0.235 e. The first-order valence-corrected chi connectivity index (χ1v) is 4.69. The molecule has 78 valence electrons. The molecule has 1 N–H and O–H groups in total. The van der Waals surface area contributed by atoms with Gasteiger partial charge >= 0.3 is 0 Å². The molecule has 0 unspecified atom stereocenters. The molecule has 1 aliphatic heterocycles. The molecule has 1 aliphatic rings.